The number of nitrogens with zero attached hydrogens (tertiary/aromatic N) is 2. The molecule has 0 aliphatic rings. The lowest BCUT2D eigenvalue weighted by Gasteiger charge is -2.19. The van der Waals surface area contributed by atoms with Crippen LogP contribution in [0.1, 0.15) is 31.9 Å². The molecule has 0 aliphatic heterocycles. The molecule has 4 aromatic rings. The van der Waals surface area contributed by atoms with E-state index in [1.165, 1.54) is 12.1 Å². The molecular formula is C23H17ClF4N2O. The van der Waals surface area contributed by atoms with E-state index in [2.05, 4.69) is 10.1 Å². The summed E-state index contributed by atoms with van der Waals surface area (Å²) in [5.74, 6) is -0.523. The highest BCUT2D eigenvalue weighted by molar-refractivity contribution is 6.35. The molecule has 0 unspecified atom stereocenters. The minimum Gasteiger partial charge on any atom is -0.335 e. The number of aromatic nitrogens is 2. The summed E-state index contributed by atoms with van der Waals surface area (Å²) in [6.45, 7) is 6.10. The van der Waals surface area contributed by atoms with Gasteiger partial charge in [0, 0.05) is 11.1 Å². The van der Waals surface area contributed by atoms with Crippen LogP contribution in [0.25, 0.3) is 33.6 Å². The molecular weight excluding hydrogens is 432 g/mol. The maximum Gasteiger partial charge on any atom is 0.418 e. The van der Waals surface area contributed by atoms with Gasteiger partial charge in [0.25, 0.3) is 5.71 Å². The average molecular weight is 449 g/mol. The minimum absolute atomic E-state index is 0.0521. The Balaban J connectivity index is 1.96. The molecule has 0 spiro atoms. The van der Waals surface area contributed by atoms with Gasteiger partial charge in [-0.25, -0.2) is 9.37 Å². The van der Waals surface area contributed by atoms with Gasteiger partial charge in [0.05, 0.1) is 21.7 Å². The van der Waals surface area contributed by atoms with Crippen molar-refractivity contribution in [2.75, 3.05) is 0 Å². The van der Waals surface area contributed by atoms with Gasteiger partial charge in [-0.05, 0) is 35.2 Å². The molecule has 0 bridgehead atoms. The largest absolute Gasteiger partial charge is 0.418 e. The first-order valence-corrected chi connectivity index (χ1v) is 9.77. The number of fused-ring (bicyclic) bond motifs is 1. The number of pyridine rings is 1. The Morgan fingerprint density at radius 3 is 1.94 bits per heavy atom. The number of hydrogen-bond acceptors (Lipinski definition) is 3. The molecule has 2 heterocycles. The SMILES string of the molecule is CC(C)(C)c1ccc(-c2nc3onc(-c4ccc(F)cc4)c3c(C(F)(F)F)c2Cl)cc1. The molecule has 0 atom stereocenters. The molecule has 2 aromatic heterocycles. The van der Waals surface area contributed by atoms with Gasteiger partial charge in [-0.2, -0.15) is 13.2 Å². The molecule has 0 fully saturated rings. The fourth-order valence-corrected chi connectivity index (χ4v) is 3.71. The summed E-state index contributed by atoms with van der Waals surface area (Å²) < 4.78 is 60.7. The molecule has 0 aliphatic carbocycles. The molecule has 0 N–H and O–H groups in total. The van der Waals surface area contributed by atoms with Crippen LogP contribution in [-0.2, 0) is 11.6 Å². The summed E-state index contributed by atoms with van der Waals surface area (Å²) in [7, 11) is 0. The second kappa shape index (κ2) is 7.34. The number of benzene rings is 2. The molecule has 8 heteroatoms. The smallest absolute Gasteiger partial charge is 0.335 e. The van der Waals surface area contributed by atoms with Crippen LogP contribution in [0.15, 0.2) is 53.1 Å². The van der Waals surface area contributed by atoms with E-state index in [9.17, 15) is 17.6 Å². The summed E-state index contributed by atoms with van der Waals surface area (Å²) in [6, 6.07) is 11.9. The van der Waals surface area contributed by atoms with Crippen LogP contribution in [0.4, 0.5) is 17.6 Å². The van der Waals surface area contributed by atoms with Crippen molar-refractivity contribution in [1.29, 1.82) is 0 Å². The molecule has 3 nitrogen and oxygen atoms in total. The maximum absolute atomic E-state index is 14.1. The van der Waals surface area contributed by atoms with Crippen molar-refractivity contribution >= 4 is 22.7 Å². The van der Waals surface area contributed by atoms with Crippen molar-refractivity contribution in [2.24, 2.45) is 0 Å². The van der Waals surface area contributed by atoms with Crippen molar-refractivity contribution in [3.05, 3.63) is 70.5 Å². The average Bonchev–Trinajstić information content (AvgIpc) is 3.09. The Labute approximate surface area is 180 Å². The van der Waals surface area contributed by atoms with E-state index in [1.807, 2.05) is 32.9 Å². The highest BCUT2D eigenvalue weighted by atomic mass is 35.5. The van der Waals surface area contributed by atoms with Crippen LogP contribution in [0.2, 0.25) is 5.02 Å². The molecule has 31 heavy (non-hydrogen) atoms. The van der Waals surface area contributed by atoms with Crippen molar-refractivity contribution in [2.45, 2.75) is 32.4 Å². The van der Waals surface area contributed by atoms with Crippen LogP contribution in [0.5, 0.6) is 0 Å². The Hall–Kier alpha value is -2.93. The van der Waals surface area contributed by atoms with Crippen molar-refractivity contribution < 1.29 is 22.1 Å². The highest BCUT2D eigenvalue weighted by Crippen LogP contribution is 2.46. The zero-order valence-corrected chi connectivity index (χ0v) is 17.6. The standard InChI is InChI=1S/C23H17ClF4N2O/c1-22(2,3)14-8-4-13(5-9-14)20-18(24)17(23(26,27)28)16-19(30-31-21(16)29-20)12-6-10-15(25)11-7-12/h4-11H,1-3H3. The highest BCUT2D eigenvalue weighted by Gasteiger charge is 2.40. The van der Waals surface area contributed by atoms with Gasteiger partial charge >= 0.3 is 6.18 Å². The fraction of sp³-hybridized carbons (Fsp3) is 0.217. The van der Waals surface area contributed by atoms with Crippen LogP contribution in [0.3, 0.4) is 0 Å². The predicted octanol–water partition coefficient (Wildman–Crippen LogP) is 7.67. The van der Waals surface area contributed by atoms with Gasteiger partial charge < -0.3 is 4.52 Å². The fourth-order valence-electron chi connectivity index (χ4n) is 3.35. The molecule has 0 radical (unpaired) electrons. The van der Waals surface area contributed by atoms with Crippen molar-refractivity contribution in [3.63, 3.8) is 0 Å². The zero-order chi connectivity index (χ0) is 22.6. The van der Waals surface area contributed by atoms with Gasteiger partial charge in [0.2, 0.25) is 0 Å². The summed E-state index contributed by atoms with van der Waals surface area (Å²) in [5.41, 5.74) is 0.0284. The Morgan fingerprint density at radius 2 is 1.39 bits per heavy atom. The first kappa shape index (κ1) is 21.3. The second-order valence-corrected chi connectivity index (χ2v) is 8.57. The molecule has 0 saturated heterocycles. The summed E-state index contributed by atoms with van der Waals surface area (Å²) in [4.78, 5) is 4.24. The van der Waals surface area contributed by atoms with Gasteiger partial charge in [-0.3, -0.25) is 0 Å². The Morgan fingerprint density at radius 1 is 0.839 bits per heavy atom. The van der Waals surface area contributed by atoms with E-state index < -0.39 is 22.6 Å². The number of alkyl halides is 3. The van der Waals surface area contributed by atoms with E-state index in [4.69, 9.17) is 16.1 Å². The summed E-state index contributed by atoms with van der Waals surface area (Å²) in [5, 5.41) is 2.86. The number of hydrogen-bond donors (Lipinski definition) is 0. The Bertz CT molecular complexity index is 1250. The van der Waals surface area contributed by atoms with Gasteiger partial charge in [0.15, 0.2) is 0 Å². The van der Waals surface area contributed by atoms with E-state index in [1.54, 1.807) is 12.1 Å². The van der Waals surface area contributed by atoms with E-state index in [0.29, 0.717) is 5.56 Å². The van der Waals surface area contributed by atoms with Gasteiger partial charge in [-0.15, -0.1) is 0 Å². The van der Waals surface area contributed by atoms with E-state index >= 15 is 0 Å². The number of halogens is 5. The lowest BCUT2D eigenvalue weighted by atomic mass is 9.86. The quantitative estimate of drug-likeness (QED) is 0.295. The van der Waals surface area contributed by atoms with Crippen molar-refractivity contribution in [1.82, 2.24) is 10.1 Å². The first-order chi connectivity index (χ1) is 14.5. The first-order valence-electron chi connectivity index (χ1n) is 9.40. The monoisotopic (exact) mass is 448 g/mol. The lowest BCUT2D eigenvalue weighted by Crippen LogP contribution is -2.11. The van der Waals surface area contributed by atoms with E-state index in [0.717, 1.165) is 17.7 Å². The predicted molar refractivity (Wildman–Crippen MR) is 111 cm³/mol. The minimum atomic E-state index is -4.79. The number of rotatable bonds is 2. The van der Waals surface area contributed by atoms with E-state index in [-0.39, 0.29) is 33.5 Å². The summed E-state index contributed by atoms with van der Waals surface area (Å²) >= 11 is 6.27. The maximum atomic E-state index is 14.1. The Kier molecular flexibility index (Phi) is 5.04. The molecule has 0 amide bonds. The second-order valence-electron chi connectivity index (χ2n) is 8.19. The zero-order valence-electron chi connectivity index (χ0n) is 16.8. The third-order valence-corrected chi connectivity index (χ3v) is 5.36. The van der Waals surface area contributed by atoms with Gasteiger partial charge in [0.1, 0.15) is 11.5 Å². The van der Waals surface area contributed by atoms with Crippen LogP contribution in [-0.4, -0.2) is 10.1 Å². The summed E-state index contributed by atoms with van der Waals surface area (Å²) in [6.07, 6.45) is -4.79. The molecule has 2 aromatic carbocycles. The van der Waals surface area contributed by atoms with Gasteiger partial charge in [-0.1, -0.05) is 61.8 Å². The molecule has 4 rings (SSSR count). The molecule has 160 valence electrons. The third kappa shape index (κ3) is 3.90. The van der Waals surface area contributed by atoms with Crippen LogP contribution >= 0.6 is 11.6 Å². The third-order valence-electron chi connectivity index (χ3n) is 4.99. The topological polar surface area (TPSA) is 38.9 Å². The molecule has 0 saturated carbocycles. The van der Waals surface area contributed by atoms with Crippen LogP contribution in [0, 0.1) is 5.82 Å². The normalized spacial score (nSPS) is 12.5. The lowest BCUT2D eigenvalue weighted by molar-refractivity contribution is -0.136. The van der Waals surface area contributed by atoms with Crippen molar-refractivity contribution in [3.8, 4) is 22.5 Å². The van der Waals surface area contributed by atoms with Crippen LogP contribution < -0.4 is 0 Å².